The average molecular weight is 297 g/mol. The topological polar surface area (TPSA) is 70.2 Å². The van der Waals surface area contributed by atoms with E-state index >= 15 is 0 Å². The summed E-state index contributed by atoms with van der Waals surface area (Å²) >= 11 is 0. The van der Waals surface area contributed by atoms with E-state index in [-0.39, 0.29) is 18.4 Å². The van der Waals surface area contributed by atoms with Gasteiger partial charge in [0.25, 0.3) is 5.91 Å². The smallest absolute Gasteiger partial charge is 0.251 e. The lowest BCUT2D eigenvalue weighted by Crippen LogP contribution is -2.22. The SMILES string of the molecule is CNC(=O)c1ccc(NC(=O)CNc2cccc(C)c2)cc1. The van der Waals surface area contributed by atoms with Gasteiger partial charge in [-0.25, -0.2) is 0 Å². The summed E-state index contributed by atoms with van der Waals surface area (Å²) < 4.78 is 0. The predicted molar refractivity (Wildman–Crippen MR) is 88.1 cm³/mol. The highest BCUT2D eigenvalue weighted by molar-refractivity contribution is 5.96. The third-order valence-electron chi connectivity index (χ3n) is 3.13. The Hall–Kier alpha value is -2.82. The highest BCUT2D eigenvalue weighted by atomic mass is 16.2. The average Bonchev–Trinajstić information content (AvgIpc) is 2.53. The van der Waals surface area contributed by atoms with Crippen LogP contribution in [-0.2, 0) is 4.79 Å². The van der Waals surface area contributed by atoms with E-state index in [1.807, 2.05) is 31.2 Å². The minimum Gasteiger partial charge on any atom is -0.376 e. The van der Waals surface area contributed by atoms with Crippen LogP contribution in [0.2, 0.25) is 0 Å². The number of carbonyl (C=O) groups excluding carboxylic acids is 2. The van der Waals surface area contributed by atoms with Crippen molar-refractivity contribution in [1.29, 1.82) is 0 Å². The van der Waals surface area contributed by atoms with Crippen molar-refractivity contribution in [3.63, 3.8) is 0 Å². The molecule has 5 heteroatoms. The maximum absolute atomic E-state index is 11.9. The molecule has 2 aromatic rings. The van der Waals surface area contributed by atoms with Crippen LogP contribution in [0, 0.1) is 6.92 Å². The summed E-state index contributed by atoms with van der Waals surface area (Å²) in [5, 5.41) is 8.39. The number of rotatable bonds is 5. The third-order valence-corrected chi connectivity index (χ3v) is 3.13. The van der Waals surface area contributed by atoms with Gasteiger partial charge >= 0.3 is 0 Å². The lowest BCUT2D eigenvalue weighted by atomic mass is 10.2. The van der Waals surface area contributed by atoms with Gasteiger partial charge in [-0.15, -0.1) is 0 Å². The minimum absolute atomic E-state index is 0.144. The van der Waals surface area contributed by atoms with Crippen LogP contribution in [0.4, 0.5) is 11.4 Å². The van der Waals surface area contributed by atoms with E-state index in [1.165, 1.54) is 0 Å². The van der Waals surface area contributed by atoms with Gasteiger partial charge in [-0.05, 0) is 48.9 Å². The Kier molecular flexibility index (Phi) is 5.14. The number of hydrogen-bond acceptors (Lipinski definition) is 3. The number of anilines is 2. The number of nitrogens with one attached hydrogen (secondary N) is 3. The zero-order chi connectivity index (χ0) is 15.9. The highest BCUT2D eigenvalue weighted by Gasteiger charge is 2.05. The molecule has 0 saturated heterocycles. The molecule has 22 heavy (non-hydrogen) atoms. The third kappa shape index (κ3) is 4.34. The van der Waals surface area contributed by atoms with E-state index < -0.39 is 0 Å². The van der Waals surface area contributed by atoms with Crippen LogP contribution >= 0.6 is 0 Å². The van der Waals surface area contributed by atoms with Gasteiger partial charge in [0.2, 0.25) is 5.91 Å². The standard InChI is InChI=1S/C17H19N3O2/c1-12-4-3-5-15(10-12)19-11-16(21)20-14-8-6-13(7-9-14)17(22)18-2/h3-10,19H,11H2,1-2H3,(H,18,22)(H,20,21). The van der Waals surface area contributed by atoms with E-state index in [0.29, 0.717) is 11.3 Å². The number of amides is 2. The van der Waals surface area contributed by atoms with E-state index in [4.69, 9.17) is 0 Å². The molecular formula is C17H19N3O2. The number of aryl methyl sites for hydroxylation is 1. The van der Waals surface area contributed by atoms with Crippen molar-refractivity contribution in [2.75, 3.05) is 24.2 Å². The fourth-order valence-electron chi connectivity index (χ4n) is 1.99. The molecule has 0 spiro atoms. The summed E-state index contributed by atoms with van der Waals surface area (Å²) in [4.78, 5) is 23.3. The molecule has 0 fully saturated rings. The largest absolute Gasteiger partial charge is 0.376 e. The van der Waals surface area contributed by atoms with Gasteiger partial charge in [0.05, 0.1) is 6.54 Å². The second-order valence-electron chi connectivity index (χ2n) is 4.93. The first-order chi connectivity index (χ1) is 10.6. The predicted octanol–water partition coefficient (Wildman–Crippen LogP) is 2.41. The minimum atomic E-state index is -0.154. The van der Waals surface area contributed by atoms with E-state index in [0.717, 1.165) is 11.3 Å². The normalized spacial score (nSPS) is 9.91. The molecular weight excluding hydrogens is 278 g/mol. The van der Waals surface area contributed by atoms with Gasteiger partial charge in [0.1, 0.15) is 0 Å². The van der Waals surface area contributed by atoms with E-state index in [1.54, 1.807) is 31.3 Å². The Morgan fingerprint density at radius 3 is 2.36 bits per heavy atom. The molecule has 3 N–H and O–H groups in total. The molecule has 114 valence electrons. The van der Waals surface area contributed by atoms with Gasteiger partial charge in [-0.3, -0.25) is 9.59 Å². The number of benzene rings is 2. The Bertz CT molecular complexity index is 666. The molecule has 0 bridgehead atoms. The van der Waals surface area contributed by atoms with E-state index in [9.17, 15) is 9.59 Å². The van der Waals surface area contributed by atoms with Gasteiger partial charge in [0.15, 0.2) is 0 Å². The monoisotopic (exact) mass is 297 g/mol. The highest BCUT2D eigenvalue weighted by Crippen LogP contribution is 2.11. The first-order valence-corrected chi connectivity index (χ1v) is 7.01. The molecule has 0 atom stereocenters. The van der Waals surface area contributed by atoms with E-state index in [2.05, 4.69) is 16.0 Å². The van der Waals surface area contributed by atoms with Crippen molar-refractivity contribution in [1.82, 2.24) is 5.32 Å². The Morgan fingerprint density at radius 1 is 1.00 bits per heavy atom. The van der Waals surface area contributed by atoms with Crippen molar-refractivity contribution >= 4 is 23.2 Å². The Labute approximate surface area is 129 Å². The molecule has 0 aliphatic carbocycles. The summed E-state index contributed by atoms with van der Waals surface area (Å²) in [6.45, 7) is 2.18. The van der Waals surface area contributed by atoms with Crippen molar-refractivity contribution in [2.24, 2.45) is 0 Å². The van der Waals surface area contributed by atoms with Gasteiger partial charge in [-0.2, -0.15) is 0 Å². The molecule has 0 heterocycles. The summed E-state index contributed by atoms with van der Waals surface area (Å²) in [5.41, 5.74) is 3.25. The first-order valence-electron chi connectivity index (χ1n) is 7.01. The van der Waals surface area contributed by atoms with Crippen LogP contribution in [0.5, 0.6) is 0 Å². The Balaban J connectivity index is 1.88. The summed E-state index contributed by atoms with van der Waals surface area (Å²) in [6, 6.07) is 14.6. The quantitative estimate of drug-likeness (QED) is 0.793. The van der Waals surface area contributed by atoms with Crippen LogP contribution in [0.1, 0.15) is 15.9 Å². The zero-order valence-electron chi connectivity index (χ0n) is 12.6. The molecule has 2 aromatic carbocycles. The molecule has 0 saturated carbocycles. The molecule has 0 aliphatic rings. The lowest BCUT2D eigenvalue weighted by Gasteiger charge is -2.09. The van der Waals surface area contributed by atoms with Crippen LogP contribution in [-0.4, -0.2) is 25.4 Å². The van der Waals surface area contributed by atoms with Crippen LogP contribution in [0.15, 0.2) is 48.5 Å². The van der Waals surface area contributed by atoms with Crippen molar-refractivity contribution in [2.45, 2.75) is 6.92 Å². The molecule has 0 radical (unpaired) electrons. The van der Waals surface area contributed by atoms with Crippen molar-refractivity contribution in [3.05, 3.63) is 59.7 Å². The second kappa shape index (κ2) is 7.26. The maximum atomic E-state index is 11.9. The van der Waals surface area contributed by atoms with Crippen molar-refractivity contribution < 1.29 is 9.59 Å². The van der Waals surface area contributed by atoms with Gasteiger partial charge in [0, 0.05) is 24.0 Å². The molecule has 0 aromatic heterocycles. The van der Waals surface area contributed by atoms with Gasteiger partial charge in [-0.1, -0.05) is 12.1 Å². The molecule has 0 aliphatic heterocycles. The van der Waals surface area contributed by atoms with Gasteiger partial charge < -0.3 is 16.0 Å². The maximum Gasteiger partial charge on any atom is 0.251 e. The zero-order valence-corrected chi connectivity index (χ0v) is 12.6. The van der Waals surface area contributed by atoms with Crippen LogP contribution in [0.25, 0.3) is 0 Å². The summed E-state index contributed by atoms with van der Waals surface area (Å²) in [6.07, 6.45) is 0. The van der Waals surface area contributed by atoms with Crippen LogP contribution in [0.3, 0.4) is 0 Å². The molecule has 0 unspecified atom stereocenters. The summed E-state index contributed by atoms with van der Waals surface area (Å²) in [7, 11) is 1.58. The van der Waals surface area contributed by atoms with Crippen molar-refractivity contribution in [3.8, 4) is 0 Å². The molecule has 2 amide bonds. The molecule has 5 nitrogen and oxygen atoms in total. The lowest BCUT2D eigenvalue weighted by molar-refractivity contribution is -0.114. The first kappa shape index (κ1) is 15.6. The molecule has 2 rings (SSSR count). The number of carbonyl (C=O) groups is 2. The Morgan fingerprint density at radius 2 is 1.73 bits per heavy atom. The fraction of sp³-hybridized carbons (Fsp3) is 0.176. The van der Waals surface area contributed by atoms with Crippen LogP contribution < -0.4 is 16.0 Å². The number of hydrogen-bond donors (Lipinski definition) is 3. The fourth-order valence-corrected chi connectivity index (χ4v) is 1.99. The summed E-state index contributed by atoms with van der Waals surface area (Å²) in [5.74, 6) is -0.298. The second-order valence-corrected chi connectivity index (χ2v) is 4.93.